The summed E-state index contributed by atoms with van der Waals surface area (Å²) >= 11 is 2.16. The molecule has 2 N–H and O–H groups in total. The fraction of sp³-hybridized carbons (Fsp3) is 0. The third kappa shape index (κ3) is 2.81. The molecule has 1 aromatic rings. The Hall–Kier alpha value is -0.690. The van der Waals surface area contributed by atoms with Gasteiger partial charge in [-0.25, -0.2) is 9.98 Å². The lowest BCUT2D eigenvalue weighted by molar-refractivity contribution is 0.240. The topological polar surface area (TPSA) is 57.5 Å². The van der Waals surface area contributed by atoms with Crippen molar-refractivity contribution >= 4 is 34.7 Å². The molecule has 0 atom stereocenters. The molecule has 1 rings (SSSR count). The van der Waals surface area contributed by atoms with Gasteiger partial charge in [-0.15, -0.1) is 0 Å². The van der Waals surface area contributed by atoms with Crippen molar-refractivity contribution in [3.8, 4) is 0 Å². The van der Waals surface area contributed by atoms with E-state index in [-0.39, 0.29) is 0 Å². The zero-order valence-corrected chi connectivity index (χ0v) is 7.69. The molecule has 0 saturated carbocycles. The number of hydrogen-bond acceptors (Lipinski definition) is 3. The van der Waals surface area contributed by atoms with Gasteiger partial charge in [-0.3, -0.25) is 10.7 Å². The van der Waals surface area contributed by atoms with Crippen LogP contribution in [0.15, 0.2) is 23.3 Å². The molecule has 1 heterocycles. The molecule has 5 heteroatoms. The minimum Gasteiger partial charge on any atom is -0.290 e. The highest BCUT2D eigenvalue weighted by Crippen LogP contribution is 2.10. The van der Waals surface area contributed by atoms with Crippen LogP contribution in [0.3, 0.4) is 0 Å². The predicted molar refractivity (Wildman–Crippen MR) is 50.0 cm³/mol. The molecule has 0 unspecified atom stereocenters. The lowest BCUT2D eigenvalue weighted by atomic mass is 10.5. The largest absolute Gasteiger partial charge is 0.290 e. The number of nitrogens with zero attached hydrogens (tertiary/aromatic N) is 2. The molecule has 0 fully saturated rings. The van der Waals surface area contributed by atoms with E-state index >= 15 is 0 Å². The third-order valence-electron chi connectivity index (χ3n) is 0.962. The van der Waals surface area contributed by atoms with Crippen molar-refractivity contribution in [3.05, 3.63) is 21.9 Å². The second-order valence-corrected chi connectivity index (χ2v) is 2.97. The van der Waals surface area contributed by atoms with Gasteiger partial charge in [0.1, 0.15) is 6.34 Å². The summed E-state index contributed by atoms with van der Waals surface area (Å²) in [5, 5.41) is 8.17. The van der Waals surface area contributed by atoms with Crippen LogP contribution in [0.25, 0.3) is 0 Å². The molecule has 0 radical (unpaired) electrons. The molecule has 0 amide bonds. The average molecular weight is 263 g/mol. The van der Waals surface area contributed by atoms with Gasteiger partial charge in [0.05, 0.1) is 0 Å². The number of nitrogens with one attached hydrogen (secondary N) is 1. The van der Waals surface area contributed by atoms with Crippen LogP contribution < -0.4 is 5.48 Å². The Morgan fingerprint density at radius 3 is 3.18 bits per heavy atom. The Labute approximate surface area is 77.5 Å². The SMILES string of the molecule is ONC=Nc1cc(I)ccn1. The monoisotopic (exact) mass is 263 g/mol. The van der Waals surface area contributed by atoms with Gasteiger partial charge in [0, 0.05) is 9.77 Å². The number of rotatable bonds is 2. The minimum absolute atomic E-state index is 0.568. The van der Waals surface area contributed by atoms with Crippen molar-refractivity contribution in [2.75, 3.05) is 0 Å². The van der Waals surface area contributed by atoms with Gasteiger partial charge >= 0.3 is 0 Å². The van der Waals surface area contributed by atoms with Crippen molar-refractivity contribution in [3.63, 3.8) is 0 Å². The molecule has 1 aromatic heterocycles. The summed E-state index contributed by atoms with van der Waals surface area (Å²) in [6.45, 7) is 0. The molecule has 0 aromatic carbocycles. The van der Waals surface area contributed by atoms with Crippen LogP contribution in [0.2, 0.25) is 0 Å². The molecular formula is C6H6IN3O. The van der Waals surface area contributed by atoms with Crippen LogP contribution in [0.4, 0.5) is 5.82 Å². The molecule has 58 valence electrons. The normalized spacial score (nSPS) is 10.4. The summed E-state index contributed by atoms with van der Waals surface area (Å²) in [7, 11) is 0. The molecule has 0 aliphatic rings. The van der Waals surface area contributed by atoms with Crippen molar-refractivity contribution in [2.24, 2.45) is 4.99 Å². The third-order valence-corrected chi connectivity index (χ3v) is 1.63. The first kappa shape index (κ1) is 8.41. The van der Waals surface area contributed by atoms with Gasteiger partial charge in [-0.1, -0.05) is 0 Å². The number of pyridine rings is 1. The first-order chi connectivity index (χ1) is 5.33. The number of hydroxylamine groups is 1. The molecule has 0 spiro atoms. The highest BCUT2D eigenvalue weighted by atomic mass is 127. The summed E-state index contributed by atoms with van der Waals surface area (Å²) in [6.07, 6.45) is 2.82. The number of halogens is 1. The number of hydrogen-bond donors (Lipinski definition) is 2. The van der Waals surface area contributed by atoms with Crippen molar-refractivity contribution in [1.82, 2.24) is 10.5 Å². The quantitative estimate of drug-likeness (QED) is 0.366. The Morgan fingerprint density at radius 1 is 1.73 bits per heavy atom. The van der Waals surface area contributed by atoms with Crippen LogP contribution in [-0.2, 0) is 0 Å². The van der Waals surface area contributed by atoms with Gasteiger partial charge in [-0.05, 0) is 34.7 Å². The Bertz CT molecular complexity index is 264. The molecule has 4 nitrogen and oxygen atoms in total. The maximum Gasteiger partial charge on any atom is 0.154 e. The van der Waals surface area contributed by atoms with Gasteiger partial charge in [0.25, 0.3) is 0 Å². The maximum atomic E-state index is 8.17. The predicted octanol–water partition coefficient (Wildman–Crippen LogP) is 1.32. The van der Waals surface area contributed by atoms with E-state index in [4.69, 9.17) is 5.21 Å². The molecule has 11 heavy (non-hydrogen) atoms. The second-order valence-electron chi connectivity index (χ2n) is 1.72. The second kappa shape index (κ2) is 4.24. The average Bonchev–Trinajstić information content (AvgIpc) is 2.01. The van der Waals surface area contributed by atoms with E-state index in [9.17, 15) is 0 Å². The van der Waals surface area contributed by atoms with E-state index in [2.05, 4.69) is 32.6 Å². The Kier molecular flexibility index (Phi) is 3.24. The summed E-state index contributed by atoms with van der Waals surface area (Å²) < 4.78 is 1.06. The van der Waals surface area contributed by atoms with Crippen molar-refractivity contribution in [1.29, 1.82) is 0 Å². The standard InChI is InChI=1S/C6H6IN3O/c7-5-1-2-8-6(3-5)9-4-10-11/h1-4,11H,(H,8,9,10). The van der Waals surface area contributed by atoms with E-state index in [1.807, 2.05) is 6.07 Å². The summed E-state index contributed by atoms with van der Waals surface area (Å²) in [5.74, 6) is 0.568. The van der Waals surface area contributed by atoms with E-state index in [1.54, 1.807) is 17.7 Å². The van der Waals surface area contributed by atoms with Gasteiger partial charge in [0.2, 0.25) is 0 Å². The smallest absolute Gasteiger partial charge is 0.154 e. The molecule has 0 aliphatic carbocycles. The first-order valence-corrected chi connectivity index (χ1v) is 3.94. The summed E-state index contributed by atoms with van der Waals surface area (Å²) in [4.78, 5) is 7.71. The molecule has 0 aliphatic heterocycles. The Balaban J connectivity index is 2.79. The zero-order chi connectivity index (χ0) is 8.10. The van der Waals surface area contributed by atoms with Crippen molar-refractivity contribution < 1.29 is 5.21 Å². The fourth-order valence-electron chi connectivity index (χ4n) is 0.559. The van der Waals surface area contributed by atoms with E-state index in [1.165, 1.54) is 6.34 Å². The Morgan fingerprint density at radius 2 is 2.55 bits per heavy atom. The molecule has 0 bridgehead atoms. The van der Waals surface area contributed by atoms with Crippen molar-refractivity contribution in [2.45, 2.75) is 0 Å². The van der Waals surface area contributed by atoms with Crippen LogP contribution in [0, 0.1) is 3.57 Å². The zero-order valence-electron chi connectivity index (χ0n) is 5.53. The maximum absolute atomic E-state index is 8.17. The van der Waals surface area contributed by atoms with Gasteiger partial charge < -0.3 is 0 Å². The highest BCUT2D eigenvalue weighted by molar-refractivity contribution is 14.1. The highest BCUT2D eigenvalue weighted by Gasteiger charge is 1.89. The summed E-state index contributed by atoms with van der Waals surface area (Å²) in [5.41, 5.74) is 1.80. The molecular weight excluding hydrogens is 257 g/mol. The minimum atomic E-state index is 0.568. The van der Waals surface area contributed by atoms with Crippen LogP contribution in [0.1, 0.15) is 0 Å². The lowest BCUT2D eigenvalue weighted by Crippen LogP contribution is -2.01. The van der Waals surface area contributed by atoms with Crippen LogP contribution in [-0.4, -0.2) is 16.5 Å². The van der Waals surface area contributed by atoms with Crippen LogP contribution in [0.5, 0.6) is 0 Å². The van der Waals surface area contributed by atoms with E-state index < -0.39 is 0 Å². The van der Waals surface area contributed by atoms with E-state index in [0.29, 0.717) is 5.82 Å². The summed E-state index contributed by atoms with van der Waals surface area (Å²) in [6, 6.07) is 3.67. The fourth-order valence-corrected chi connectivity index (χ4v) is 0.998. The molecule has 0 saturated heterocycles. The van der Waals surface area contributed by atoms with E-state index in [0.717, 1.165) is 3.57 Å². The lowest BCUT2D eigenvalue weighted by Gasteiger charge is -1.91. The van der Waals surface area contributed by atoms with Crippen LogP contribution >= 0.6 is 22.6 Å². The van der Waals surface area contributed by atoms with Gasteiger partial charge in [0.15, 0.2) is 5.82 Å². The number of aliphatic imine (C=N–C) groups is 1. The first-order valence-electron chi connectivity index (χ1n) is 2.86. The van der Waals surface area contributed by atoms with Gasteiger partial charge in [-0.2, -0.15) is 0 Å². The number of aromatic nitrogens is 1.